The van der Waals surface area contributed by atoms with Crippen molar-refractivity contribution in [3.63, 3.8) is 0 Å². The lowest BCUT2D eigenvalue weighted by atomic mass is 10.1. The molecule has 120 valence electrons. The highest BCUT2D eigenvalue weighted by molar-refractivity contribution is 5.73. The summed E-state index contributed by atoms with van der Waals surface area (Å²) < 4.78 is 10.5. The van der Waals surface area contributed by atoms with E-state index in [9.17, 15) is 20.0 Å². The molecule has 7 heteroatoms. The maximum atomic E-state index is 11.4. The third kappa shape index (κ3) is 4.44. The summed E-state index contributed by atoms with van der Waals surface area (Å²) in [5.74, 6) is -0.261. The fourth-order valence-corrected chi connectivity index (χ4v) is 2.03. The minimum Gasteiger partial charge on any atom is -0.497 e. The van der Waals surface area contributed by atoms with Crippen molar-refractivity contribution in [2.45, 2.75) is 12.5 Å². The van der Waals surface area contributed by atoms with Crippen LogP contribution in [0.4, 0.5) is 5.69 Å². The van der Waals surface area contributed by atoms with E-state index < -0.39 is 17.0 Å². The first-order valence-corrected chi connectivity index (χ1v) is 6.76. The van der Waals surface area contributed by atoms with E-state index in [0.29, 0.717) is 17.1 Å². The van der Waals surface area contributed by atoms with E-state index in [-0.39, 0.29) is 12.1 Å². The summed E-state index contributed by atoms with van der Waals surface area (Å²) in [6, 6.07) is 12.4. The Balaban J connectivity index is 2.17. The molecule has 7 nitrogen and oxygen atoms in total. The van der Waals surface area contributed by atoms with Crippen LogP contribution in [0.3, 0.4) is 0 Å². The summed E-state index contributed by atoms with van der Waals surface area (Å²) in [7, 11) is 1.50. The Morgan fingerprint density at radius 3 is 2.57 bits per heavy atom. The summed E-state index contributed by atoms with van der Waals surface area (Å²) in [5, 5.41) is 20.1. The van der Waals surface area contributed by atoms with Gasteiger partial charge >= 0.3 is 5.97 Å². The van der Waals surface area contributed by atoms with Crippen LogP contribution in [0.2, 0.25) is 0 Å². The summed E-state index contributed by atoms with van der Waals surface area (Å²) in [5.41, 5.74) is 0.419. The summed E-state index contributed by atoms with van der Waals surface area (Å²) in [6.45, 7) is 0. The van der Waals surface area contributed by atoms with Crippen molar-refractivity contribution < 1.29 is 24.3 Å². The number of ether oxygens (including phenoxy) is 2. The van der Waals surface area contributed by atoms with Gasteiger partial charge in [-0.25, -0.2) is 4.79 Å². The Kier molecular flexibility index (Phi) is 5.14. The van der Waals surface area contributed by atoms with Crippen molar-refractivity contribution in [1.82, 2.24) is 0 Å². The molecule has 0 aliphatic carbocycles. The molecule has 0 radical (unpaired) electrons. The summed E-state index contributed by atoms with van der Waals surface area (Å²) >= 11 is 0. The van der Waals surface area contributed by atoms with Crippen LogP contribution in [0.15, 0.2) is 48.5 Å². The van der Waals surface area contributed by atoms with Gasteiger partial charge in [0.15, 0.2) is 6.10 Å². The number of nitro groups is 1. The topological polar surface area (TPSA) is 98.9 Å². The number of rotatable bonds is 7. The standard InChI is InChI=1S/C16H15NO6/c1-22-13-6-3-7-14(10-13)23-15(16(18)19)9-11-4-2-5-12(8-11)17(20)21/h2-8,10,15H,9H2,1H3,(H,18,19)/t15-/m0/s1. The smallest absolute Gasteiger partial charge is 0.345 e. The van der Waals surface area contributed by atoms with Crippen LogP contribution in [-0.4, -0.2) is 29.2 Å². The Hall–Kier alpha value is -3.09. The number of hydrogen-bond acceptors (Lipinski definition) is 5. The van der Waals surface area contributed by atoms with Gasteiger partial charge in [-0.15, -0.1) is 0 Å². The van der Waals surface area contributed by atoms with Gasteiger partial charge < -0.3 is 14.6 Å². The second-order valence-electron chi connectivity index (χ2n) is 4.75. The van der Waals surface area contributed by atoms with Gasteiger partial charge in [0, 0.05) is 24.6 Å². The van der Waals surface area contributed by atoms with Gasteiger partial charge in [0.05, 0.1) is 12.0 Å². The molecule has 1 N–H and O–H groups in total. The first kappa shape index (κ1) is 16.3. The number of nitrogens with zero attached hydrogens (tertiary/aromatic N) is 1. The van der Waals surface area contributed by atoms with Crippen LogP contribution in [-0.2, 0) is 11.2 Å². The molecule has 1 atom stereocenters. The molecule has 0 heterocycles. The number of nitro benzene ring substituents is 1. The molecule has 0 spiro atoms. The summed E-state index contributed by atoms with van der Waals surface area (Å²) in [6.07, 6.45) is -1.15. The molecular weight excluding hydrogens is 302 g/mol. The number of methoxy groups -OCH3 is 1. The highest BCUT2D eigenvalue weighted by Gasteiger charge is 2.21. The molecule has 0 amide bonds. The Morgan fingerprint density at radius 2 is 1.91 bits per heavy atom. The molecule has 0 unspecified atom stereocenters. The van der Waals surface area contributed by atoms with Crippen molar-refractivity contribution >= 4 is 11.7 Å². The average molecular weight is 317 g/mol. The van der Waals surface area contributed by atoms with E-state index in [0.717, 1.165) is 0 Å². The molecular formula is C16H15NO6. The minimum atomic E-state index is -1.16. The Bertz CT molecular complexity index is 715. The molecule has 23 heavy (non-hydrogen) atoms. The van der Waals surface area contributed by atoms with Crippen molar-refractivity contribution in [3.8, 4) is 11.5 Å². The monoisotopic (exact) mass is 317 g/mol. The van der Waals surface area contributed by atoms with Gasteiger partial charge in [-0.2, -0.15) is 0 Å². The van der Waals surface area contributed by atoms with Crippen molar-refractivity contribution in [3.05, 3.63) is 64.2 Å². The zero-order valence-electron chi connectivity index (χ0n) is 12.3. The van der Waals surface area contributed by atoms with E-state index in [4.69, 9.17) is 9.47 Å². The third-order valence-corrected chi connectivity index (χ3v) is 3.14. The molecule has 0 saturated heterocycles. The fraction of sp³-hybridized carbons (Fsp3) is 0.188. The van der Waals surface area contributed by atoms with Gasteiger partial charge in [-0.1, -0.05) is 18.2 Å². The number of carboxylic acid groups (broad SMARTS) is 1. The number of carbonyl (C=O) groups is 1. The first-order valence-electron chi connectivity index (χ1n) is 6.76. The lowest BCUT2D eigenvalue weighted by Crippen LogP contribution is -2.29. The molecule has 0 aliphatic rings. The van der Waals surface area contributed by atoms with Gasteiger partial charge in [-0.05, 0) is 17.7 Å². The first-order chi connectivity index (χ1) is 11.0. The number of non-ortho nitro benzene ring substituents is 1. The number of carboxylic acids is 1. The quantitative estimate of drug-likeness (QED) is 0.622. The lowest BCUT2D eigenvalue weighted by Gasteiger charge is -2.15. The van der Waals surface area contributed by atoms with Crippen LogP contribution in [0.1, 0.15) is 5.56 Å². The zero-order chi connectivity index (χ0) is 16.8. The van der Waals surface area contributed by atoms with E-state index in [2.05, 4.69) is 0 Å². The molecule has 0 fully saturated rings. The zero-order valence-corrected chi connectivity index (χ0v) is 12.3. The van der Waals surface area contributed by atoms with Gasteiger partial charge in [0.25, 0.3) is 5.69 Å². The van der Waals surface area contributed by atoms with Crippen molar-refractivity contribution in [2.75, 3.05) is 7.11 Å². The highest BCUT2D eigenvalue weighted by Crippen LogP contribution is 2.22. The largest absolute Gasteiger partial charge is 0.497 e. The van der Waals surface area contributed by atoms with Crippen LogP contribution in [0.25, 0.3) is 0 Å². The van der Waals surface area contributed by atoms with E-state index in [1.807, 2.05) is 0 Å². The second kappa shape index (κ2) is 7.26. The third-order valence-electron chi connectivity index (χ3n) is 3.14. The molecule has 0 aliphatic heterocycles. The molecule has 0 bridgehead atoms. The number of hydrogen-bond donors (Lipinski definition) is 1. The van der Waals surface area contributed by atoms with Crippen molar-refractivity contribution in [1.29, 1.82) is 0 Å². The van der Waals surface area contributed by atoms with Crippen molar-refractivity contribution in [2.24, 2.45) is 0 Å². The van der Waals surface area contributed by atoms with Crippen LogP contribution >= 0.6 is 0 Å². The fourth-order valence-electron chi connectivity index (χ4n) is 2.03. The minimum absolute atomic E-state index is 0.00816. The molecule has 0 aromatic heterocycles. The van der Waals surface area contributed by atoms with Gasteiger partial charge in [0.2, 0.25) is 0 Å². The molecule has 2 aromatic carbocycles. The molecule has 0 saturated carbocycles. The number of aliphatic carboxylic acids is 1. The van der Waals surface area contributed by atoms with E-state index in [1.165, 1.54) is 25.3 Å². The van der Waals surface area contributed by atoms with Crippen LogP contribution in [0, 0.1) is 10.1 Å². The Labute approximate surface area is 132 Å². The second-order valence-corrected chi connectivity index (χ2v) is 4.75. The lowest BCUT2D eigenvalue weighted by molar-refractivity contribution is -0.384. The number of benzene rings is 2. The van der Waals surface area contributed by atoms with E-state index in [1.54, 1.807) is 30.3 Å². The van der Waals surface area contributed by atoms with Crippen LogP contribution < -0.4 is 9.47 Å². The Morgan fingerprint density at radius 1 is 1.22 bits per heavy atom. The van der Waals surface area contributed by atoms with Crippen LogP contribution in [0.5, 0.6) is 11.5 Å². The predicted molar refractivity (Wildman–Crippen MR) is 81.8 cm³/mol. The maximum Gasteiger partial charge on any atom is 0.345 e. The normalized spacial score (nSPS) is 11.5. The maximum absolute atomic E-state index is 11.4. The SMILES string of the molecule is COc1cccc(O[C@@H](Cc2cccc([N+](=O)[O-])c2)C(=O)O)c1. The summed E-state index contributed by atoms with van der Waals surface area (Å²) in [4.78, 5) is 21.6. The average Bonchev–Trinajstić information content (AvgIpc) is 2.54. The molecule has 2 rings (SSSR count). The van der Waals surface area contributed by atoms with Gasteiger partial charge in [-0.3, -0.25) is 10.1 Å². The predicted octanol–water partition coefficient (Wildman–Crippen LogP) is 2.68. The highest BCUT2D eigenvalue weighted by atomic mass is 16.6. The van der Waals surface area contributed by atoms with E-state index >= 15 is 0 Å². The van der Waals surface area contributed by atoms with Gasteiger partial charge in [0.1, 0.15) is 11.5 Å². The molecule has 2 aromatic rings.